The van der Waals surface area contributed by atoms with E-state index in [1.54, 1.807) is 0 Å². The second kappa shape index (κ2) is 17.4. The molecule has 1 fully saturated rings. The number of hydrogen-bond acceptors (Lipinski definition) is 0. The average Bonchev–Trinajstić information content (AvgIpc) is 3.71. The van der Waals surface area contributed by atoms with E-state index in [1.165, 1.54) is 89.4 Å². The van der Waals surface area contributed by atoms with Crippen LogP contribution in [0.4, 0.5) is 0 Å². The van der Waals surface area contributed by atoms with Crippen molar-refractivity contribution in [3.8, 4) is 0 Å². The minimum absolute atomic E-state index is 0. The van der Waals surface area contributed by atoms with Crippen LogP contribution in [0.2, 0.25) is 12.1 Å². The number of halogens is 2. The molecule has 1 saturated heterocycles. The van der Waals surface area contributed by atoms with Crippen molar-refractivity contribution in [1.82, 2.24) is 0 Å². The number of fused-ring (bicyclic) bond motifs is 2. The first kappa shape index (κ1) is 36.2. The summed E-state index contributed by atoms with van der Waals surface area (Å²) in [5.74, 6) is 0.868. The predicted molar refractivity (Wildman–Crippen MR) is 172 cm³/mol. The first-order chi connectivity index (χ1) is 19.0. The van der Waals surface area contributed by atoms with E-state index in [1.807, 2.05) is 0 Å². The van der Waals surface area contributed by atoms with Crippen molar-refractivity contribution in [3.05, 3.63) is 132 Å². The second-order valence-electron chi connectivity index (χ2n) is 10.8. The maximum Gasteiger partial charge on any atom is 4.00 e. The topological polar surface area (TPSA) is 0 Å². The Morgan fingerprint density at radius 3 is 1.29 bits per heavy atom. The molecule has 0 aromatic heterocycles. The van der Waals surface area contributed by atoms with Crippen molar-refractivity contribution in [3.63, 3.8) is 0 Å². The summed E-state index contributed by atoms with van der Waals surface area (Å²) >= 11 is 0. The molecule has 2 radical (unpaired) electrons. The van der Waals surface area contributed by atoms with Crippen LogP contribution in [0.15, 0.2) is 108 Å². The van der Waals surface area contributed by atoms with Gasteiger partial charge < -0.3 is 24.8 Å². The minimum atomic E-state index is 0. The van der Waals surface area contributed by atoms with E-state index in [0.29, 0.717) is 11.8 Å². The molecule has 0 bridgehead atoms. The summed E-state index contributed by atoms with van der Waals surface area (Å²) in [6.07, 6.45) is 14.5. The summed E-state index contributed by atoms with van der Waals surface area (Å²) < 4.78 is 0. The first-order valence-corrected chi connectivity index (χ1v) is 15.7. The molecular formula is C38H38Cl2HfSi. The van der Waals surface area contributed by atoms with Gasteiger partial charge in [0.2, 0.25) is 0 Å². The molecule has 0 saturated carbocycles. The van der Waals surface area contributed by atoms with Crippen LogP contribution in [0, 0.1) is 24.0 Å². The van der Waals surface area contributed by atoms with Crippen molar-refractivity contribution in [2.45, 2.75) is 52.6 Å². The van der Waals surface area contributed by atoms with Gasteiger partial charge in [-0.25, -0.2) is 11.1 Å². The largest absolute Gasteiger partial charge is 4.00 e. The van der Waals surface area contributed by atoms with Gasteiger partial charge in [-0.2, -0.15) is 23.3 Å². The molecule has 2 atom stereocenters. The molecule has 0 spiro atoms. The van der Waals surface area contributed by atoms with E-state index in [0.717, 1.165) is 0 Å². The molecule has 212 valence electrons. The molecule has 4 aromatic rings. The van der Waals surface area contributed by atoms with Gasteiger partial charge in [-0.05, 0) is 21.5 Å². The van der Waals surface area contributed by atoms with Crippen LogP contribution >= 0.6 is 0 Å². The molecule has 0 N–H and O–H groups in total. The van der Waals surface area contributed by atoms with Crippen LogP contribution in [-0.2, 0) is 25.8 Å². The third-order valence-corrected chi connectivity index (χ3v) is 9.06. The monoisotopic (exact) mass is 772 g/mol. The Bertz CT molecular complexity index is 1460. The molecule has 3 aliphatic rings. The molecular weight excluding hydrogens is 734 g/mol. The van der Waals surface area contributed by atoms with Crippen molar-refractivity contribution >= 4 is 42.2 Å². The van der Waals surface area contributed by atoms with Gasteiger partial charge in [0.25, 0.3) is 0 Å². The molecule has 4 heteroatoms. The normalized spacial score (nSPS) is 18.5. The molecule has 2 unspecified atom stereocenters. The summed E-state index contributed by atoms with van der Waals surface area (Å²) in [7, 11) is 1.31. The Kier molecular flexibility index (Phi) is 15.0. The molecule has 1 heterocycles. The summed E-state index contributed by atoms with van der Waals surface area (Å²) in [5, 5.41) is 5.27. The van der Waals surface area contributed by atoms with Gasteiger partial charge in [0.05, 0.1) is 0 Å². The summed E-state index contributed by atoms with van der Waals surface area (Å²) in [5.41, 5.74) is 7.89. The van der Waals surface area contributed by atoms with Gasteiger partial charge in [-0.1, -0.05) is 161 Å². The third kappa shape index (κ3) is 8.79. The number of allylic oxidation sites excluding steroid dienone is 8. The quantitative estimate of drug-likeness (QED) is 0.207. The van der Waals surface area contributed by atoms with Gasteiger partial charge in [0.1, 0.15) is 0 Å². The predicted octanol–water partition coefficient (Wildman–Crippen LogP) is 4.57. The molecule has 42 heavy (non-hydrogen) atoms. The van der Waals surface area contributed by atoms with Crippen LogP contribution in [0.1, 0.15) is 51.7 Å². The van der Waals surface area contributed by atoms with E-state index in [4.69, 9.17) is 0 Å². The first-order valence-electron chi connectivity index (χ1n) is 14.3. The fourth-order valence-electron chi connectivity index (χ4n) is 5.80. The Morgan fingerprint density at radius 2 is 0.952 bits per heavy atom. The molecule has 0 amide bonds. The molecule has 2 aliphatic carbocycles. The number of rotatable bonds is 2. The second-order valence-corrected chi connectivity index (χ2v) is 12.3. The van der Waals surface area contributed by atoms with Gasteiger partial charge in [0, 0.05) is 9.52 Å². The zero-order chi connectivity index (χ0) is 27.2. The Labute approximate surface area is 286 Å². The van der Waals surface area contributed by atoms with Gasteiger partial charge in [-0.3, -0.25) is 12.2 Å². The fraction of sp³-hybridized carbons (Fsp3) is 0.263. The molecule has 7 rings (SSSR count). The van der Waals surface area contributed by atoms with Gasteiger partial charge in [-0.15, -0.1) is 0 Å². The average molecular weight is 772 g/mol. The van der Waals surface area contributed by atoms with Crippen LogP contribution in [0.25, 0.3) is 32.7 Å². The Hall–Kier alpha value is -1.97. The van der Waals surface area contributed by atoms with E-state index in [9.17, 15) is 0 Å². The van der Waals surface area contributed by atoms with E-state index in [2.05, 4.69) is 137 Å². The van der Waals surface area contributed by atoms with Crippen molar-refractivity contribution < 1.29 is 50.7 Å². The molecule has 4 aromatic carbocycles. The van der Waals surface area contributed by atoms with E-state index >= 15 is 0 Å². The standard InChI is InChI=1S/2C17H15.C4H8Si.2ClH.Hf/c2*1-12-10-13(2)17(11-12)16-9-5-7-14-6-3-4-8-15(14)16;1-2-4-5-3-1;;;/h2*3-9,11-12H,1-2H3;1-4H2;2*1H;/q2*-1;;;;+4/p-2. The van der Waals surface area contributed by atoms with Gasteiger partial charge in [0.15, 0.2) is 0 Å². The van der Waals surface area contributed by atoms with Gasteiger partial charge >= 0.3 is 25.8 Å². The summed E-state index contributed by atoms with van der Waals surface area (Å²) in [6.45, 7) is 8.66. The van der Waals surface area contributed by atoms with E-state index in [-0.39, 0.29) is 50.7 Å². The molecule has 1 aliphatic heterocycles. The Balaban J connectivity index is 0.000000237. The van der Waals surface area contributed by atoms with Crippen LogP contribution < -0.4 is 24.8 Å². The van der Waals surface area contributed by atoms with Crippen LogP contribution in [-0.4, -0.2) is 9.52 Å². The summed E-state index contributed by atoms with van der Waals surface area (Å²) in [4.78, 5) is 0. The fourth-order valence-corrected chi connectivity index (χ4v) is 7.05. The maximum absolute atomic E-state index is 3.45. The van der Waals surface area contributed by atoms with Crippen LogP contribution in [0.3, 0.4) is 0 Å². The Morgan fingerprint density at radius 1 is 0.571 bits per heavy atom. The van der Waals surface area contributed by atoms with Crippen molar-refractivity contribution in [2.75, 3.05) is 0 Å². The zero-order valence-corrected chi connectivity index (χ0v) is 31.1. The number of benzene rings is 4. The zero-order valence-electron chi connectivity index (χ0n) is 25.0. The van der Waals surface area contributed by atoms with Crippen molar-refractivity contribution in [1.29, 1.82) is 0 Å². The minimum Gasteiger partial charge on any atom is -1.00 e. The maximum atomic E-state index is 3.45. The summed E-state index contributed by atoms with van der Waals surface area (Å²) in [6, 6.07) is 33.2. The smallest absolute Gasteiger partial charge is 1.00 e. The van der Waals surface area contributed by atoms with Crippen molar-refractivity contribution in [2.24, 2.45) is 11.8 Å². The SMILES string of the molecule is C1CC[Si]C1.CC1=[C-]C(C)C=C1c1cccc2ccccc12.CC1=[C-]C(C)C=C1c1cccc2ccccc12.[Cl-].[Cl-].[Hf+4]. The molecule has 0 nitrogen and oxygen atoms in total. The number of hydrogen-bond donors (Lipinski definition) is 0. The van der Waals surface area contributed by atoms with Crippen LogP contribution in [0.5, 0.6) is 0 Å². The van der Waals surface area contributed by atoms with E-state index < -0.39 is 0 Å². The third-order valence-electron chi connectivity index (χ3n) is 7.65.